The minimum Gasteiger partial charge on any atom is -0.337 e. The molecule has 6 nitrogen and oxygen atoms in total. The van der Waals surface area contributed by atoms with E-state index < -0.39 is 5.54 Å². The lowest BCUT2D eigenvalue weighted by molar-refractivity contribution is -0.120. The van der Waals surface area contributed by atoms with Crippen LogP contribution in [0.1, 0.15) is 49.8 Å². The van der Waals surface area contributed by atoms with Crippen molar-refractivity contribution in [3.63, 3.8) is 0 Å². The molecule has 160 valence electrons. The molecule has 4 rings (SSSR count). The van der Waals surface area contributed by atoms with E-state index in [1.807, 2.05) is 47.8 Å². The van der Waals surface area contributed by atoms with E-state index in [-0.39, 0.29) is 11.7 Å². The van der Waals surface area contributed by atoms with Gasteiger partial charge in [0.15, 0.2) is 5.16 Å². The van der Waals surface area contributed by atoms with Crippen LogP contribution in [0.15, 0.2) is 41.6 Å². The Hall–Kier alpha value is -2.85. The van der Waals surface area contributed by atoms with E-state index in [1.165, 1.54) is 11.8 Å². The maximum Gasteiger partial charge on any atom is 0.231 e. The van der Waals surface area contributed by atoms with Gasteiger partial charge < -0.3 is 5.32 Å². The van der Waals surface area contributed by atoms with Crippen LogP contribution in [0, 0.1) is 25.2 Å². The van der Waals surface area contributed by atoms with Gasteiger partial charge in [0, 0.05) is 5.56 Å². The van der Waals surface area contributed by atoms with E-state index in [4.69, 9.17) is 4.98 Å². The highest BCUT2D eigenvalue weighted by atomic mass is 32.2. The highest BCUT2D eigenvalue weighted by Crippen LogP contribution is 2.31. The predicted molar refractivity (Wildman–Crippen MR) is 123 cm³/mol. The molecule has 1 aliphatic carbocycles. The summed E-state index contributed by atoms with van der Waals surface area (Å²) in [5.41, 5.74) is 4.10. The van der Waals surface area contributed by atoms with Crippen LogP contribution in [0.25, 0.3) is 16.8 Å². The number of aryl methyl sites for hydroxylation is 2. The van der Waals surface area contributed by atoms with E-state index in [1.54, 1.807) is 0 Å². The number of hydrogen-bond donors (Lipinski definition) is 1. The zero-order chi connectivity index (χ0) is 21.8. The molecule has 0 bridgehead atoms. The van der Waals surface area contributed by atoms with Crippen LogP contribution in [0.5, 0.6) is 0 Å². The van der Waals surface area contributed by atoms with Crippen LogP contribution in [-0.4, -0.2) is 31.8 Å². The molecule has 0 radical (unpaired) electrons. The average molecular weight is 434 g/mol. The number of hydrogen-bond acceptors (Lipinski definition) is 5. The van der Waals surface area contributed by atoms with E-state index in [9.17, 15) is 10.1 Å². The lowest BCUT2D eigenvalue weighted by Gasteiger charge is -2.26. The van der Waals surface area contributed by atoms with Crippen LogP contribution >= 0.6 is 11.8 Å². The van der Waals surface area contributed by atoms with E-state index >= 15 is 0 Å². The number of carbonyl (C=O) groups is 1. The summed E-state index contributed by atoms with van der Waals surface area (Å²) >= 11 is 1.36. The Balaban J connectivity index is 1.59. The maximum absolute atomic E-state index is 12.8. The van der Waals surface area contributed by atoms with Crippen LogP contribution in [-0.2, 0) is 4.79 Å². The quantitative estimate of drug-likeness (QED) is 0.460. The molecule has 3 aromatic rings. The second kappa shape index (κ2) is 9.11. The van der Waals surface area contributed by atoms with E-state index in [0.29, 0.717) is 5.16 Å². The fraction of sp³-hybridized carbons (Fsp3) is 0.417. The maximum atomic E-state index is 12.8. The van der Waals surface area contributed by atoms with Crippen molar-refractivity contribution in [1.29, 1.82) is 5.26 Å². The van der Waals surface area contributed by atoms with Gasteiger partial charge in [-0.25, -0.2) is 9.50 Å². The van der Waals surface area contributed by atoms with Crippen molar-refractivity contribution >= 4 is 23.2 Å². The molecule has 0 aliphatic heterocycles. The fourth-order valence-electron chi connectivity index (χ4n) is 4.33. The van der Waals surface area contributed by atoms with Crippen molar-refractivity contribution in [3.05, 3.63) is 47.7 Å². The minimum atomic E-state index is -0.733. The SMILES string of the molecule is Cc1cc(C)c2c(-c3ccccc3)nc(SCC(=O)NC3(C#N)CCCCCC3)n2n1. The van der Waals surface area contributed by atoms with Gasteiger partial charge in [0.1, 0.15) is 5.54 Å². The van der Waals surface area contributed by atoms with Crippen molar-refractivity contribution in [3.8, 4) is 17.3 Å². The lowest BCUT2D eigenvalue weighted by atomic mass is 9.92. The monoisotopic (exact) mass is 433 g/mol. The largest absolute Gasteiger partial charge is 0.337 e. The first-order valence-corrected chi connectivity index (χ1v) is 11.8. The van der Waals surface area contributed by atoms with Crippen LogP contribution in [0.2, 0.25) is 0 Å². The Labute approximate surface area is 187 Å². The van der Waals surface area contributed by atoms with Crippen molar-refractivity contribution in [2.45, 2.75) is 63.1 Å². The summed E-state index contributed by atoms with van der Waals surface area (Å²) in [5, 5.41) is 18.1. The van der Waals surface area contributed by atoms with Gasteiger partial charge in [-0.1, -0.05) is 67.8 Å². The Morgan fingerprint density at radius 3 is 2.58 bits per heavy atom. The average Bonchev–Trinajstić information content (AvgIpc) is 2.97. The zero-order valence-electron chi connectivity index (χ0n) is 18.0. The number of rotatable bonds is 5. The molecule has 2 aromatic heterocycles. The third kappa shape index (κ3) is 4.59. The summed E-state index contributed by atoms with van der Waals surface area (Å²) in [5.74, 6) is 0.0710. The summed E-state index contributed by atoms with van der Waals surface area (Å²) in [7, 11) is 0. The summed E-state index contributed by atoms with van der Waals surface area (Å²) in [4.78, 5) is 17.6. The lowest BCUT2D eigenvalue weighted by Crippen LogP contribution is -2.47. The third-order valence-electron chi connectivity index (χ3n) is 5.81. The molecule has 31 heavy (non-hydrogen) atoms. The topological polar surface area (TPSA) is 83.1 Å². The van der Waals surface area contributed by atoms with Gasteiger partial charge in [-0.3, -0.25) is 4.79 Å². The Morgan fingerprint density at radius 2 is 1.90 bits per heavy atom. The van der Waals surface area contributed by atoms with Crippen LogP contribution in [0.3, 0.4) is 0 Å². The first-order valence-electron chi connectivity index (χ1n) is 10.8. The van der Waals surface area contributed by atoms with Crippen LogP contribution < -0.4 is 5.32 Å². The van der Waals surface area contributed by atoms with Gasteiger partial charge in [0.2, 0.25) is 5.91 Å². The van der Waals surface area contributed by atoms with Gasteiger partial charge in [-0.15, -0.1) is 0 Å². The Bertz CT molecular complexity index is 1120. The molecular weight excluding hydrogens is 406 g/mol. The summed E-state index contributed by atoms with van der Waals surface area (Å²) in [6.45, 7) is 4.01. The zero-order valence-corrected chi connectivity index (χ0v) is 18.8. The molecule has 1 fully saturated rings. The molecule has 1 aliphatic rings. The summed E-state index contributed by atoms with van der Waals surface area (Å²) in [6, 6.07) is 14.5. The molecule has 7 heteroatoms. The first kappa shape index (κ1) is 21.4. The summed E-state index contributed by atoms with van der Waals surface area (Å²) < 4.78 is 1.84. The highest BCUT2D eigenvalue weighted by molar-refractivity contribution is 7.99. The standard InChI is InChI=1S/C24H27N5OS/c1-17-14-18(2)28-29-22(17)21(19-10-6-5-7-11-19)26-23(29)31-15-20(30)27-24(16-25)12-8-3-4-9-13-24/h5-7,10-11,14H,3-4,8-9,12-13,15H2,1-2H3,(H,27,30). The van der Waals surface area contributed by atoms with Gasteiger partial charge in [0.25, 0.3) is 0 Å². The fourth-order valence-corrected chi connectivity index (χ4v) is 5.07. The number of nitriles is 1. The molecule has 1 N–H and O–H groups in total. The first-order chi connectivity index (χ1) is 15.0. The molecule has 0 spiro atoms. The Kier molecular flexibility index (Phi) is 6.28. The second-order valence-corrected chi connectivity index (χ2v) is 9.23. The van der Waals surface area contributed by atoms with E-state index in [0.717, 1.165) is 66.6 Å². The molecule has 0 saturated heterocycles. The second-order valence-electron chi connectivity index (χ2n) is 8.28. The number of fused-ring (bicyclic) bond motifs is 1. The molecule has 1 saturated carbocycles. The third-order valence-corrected chi connectivity index (χ3v) is 6.74. The van der Waals surface area contributed by atoms with E-state index in [2.05, 4.69) is 23.4 Å². The molecule has 0 unspecified atom stereocenters. The number of benzene rings is 1. The van der Waals surface area contributed by atoms with Gasteiger partial charge in [0.05, 0.1) is 28.7 Å². The van der Waals surface area contributed by atoms with Gasteiger partial charge in [-0.2, -0.15) is 10.4 Å². The van der Waals surface area contributed by atoms with Crippen LogP contribution in [0.4, 0.5) is 0 Å². The molecule has 1 amide bonds. The minimum absolute atomic E-state index is 0.129. The predicted octanol–water partition coefficient (Wildman–Crippen LogP) is 4.84. The smallest absolute Gasteiger partial charge is 0.231 e. The molecule has 1 aromatic carbocycles. The number of aromatic nitrogens is 3. The summed E-state index contributed by atoms with van der Waals surface area (Å²) in [6.07, 6.45) is 5.67. The Morgan fingerprint density at radius 1 is 1.19 bits per heavy atom. The van der Waals surface area contributed by atoms with Crippen molar-refractivity contribution in [2.75, 3.05) is 5.75 Å². The van der Waals surface area contributed by atoms with Gasteiger partial charge in [-0.05, 0) is 38.3 Å². The number of imidazole rings is 1. The normalized spacial score (nSPS) is 15.9. The number of thioether (sulfide) groups is 1. The number of amides is 1. The van der Waals surface area contributed by atoms with Crippen molar-refractivity contribution < 1.29 is 4.79 Å². The number of nitrogens with zero attached hydrogens (tertiary/aromatic N) is 4. The van der Waals surface area contributed by atoms with Crippen molar-refractivity contribution in [1.82, 2.24) is 19.9 Å². The number of carbonyl (C=O) groups excluding carboxylic acids is 1. The molecule has 0 atom stereocenters. The molecular formula is C24H27N5OS. The number of nitrogens with one attached hydrogen (secondary N) is 1. The van der Waals surface area contributed by atoms with Gasteiger partial charge >= 0.3 is 0 Å². The van der Waals surface area contributed by atoms with Crippen molar-refractivity contribution in [2.24, 2.45) is 0 Å². The molecule has 2 heterocycles. The highest BCUT2D eigenvalue weighted by Gasteiger charge is 2.32.